The van der Waals surface area contributed by atoms with Gasteiger partial charge in [-0.2, -0.15) is 0 Å². The molecular weight excluding hydrogens is 546 g/mol. The van der Waals surface area contributed by atoms with Crippen LogP contribution >= 0.6 is 12.4 Å². The number of benzene rings is 2. The van der Waals surface area contributed by atoms with E-state index >= 15 is 0 Å². The molecule has 1 aliphatic carbocycles. The third kappa shape index (κ3) is 7.32. The molecule has 0 bridgehead atoms. The summed E-state index contributed by atoms with van der Waals surface area (Å²) in [5.41, 5.74) is 4.67. The van der Waals surface area contributed by atoms with Crippen molar-refractivity contribution in [1.82, 2.24) is 15.5 Å². The number of nitrogens with zero attached hydrogens (tertiary/aromatic N) is 2. The van der Waals surface area contributed by atoms with Gasteiger partial charge in [0.05, 0.1) is 5.56 Å². The number of carboxylic acid groups (broad SMARTS) is 1. The Labute approximate surface area is 244 Å². The summed E-state index contributed by atoms with van der Waals surface area (Å²) in [4.78, 5) is 15.2. The molecule has 5 rings (SSSR count). The van der Waals surface area contributed by atoms with Gasteiger partial charge in [-0.3, -0.25) is 0 Å². The highest BCUT2D eigenvalue weighted by Gasteiger charge is 2.26. The molecule has 10 heteroatoms. The fourth-order valence-electron chi connectivity index (χ4n) is 4.69. The summed E-state index contributed by atoms with van der Waals surface area (Å²) in [7, 11) is 0. The number of halogens is 1. The normalized spacial score (nSPS) is 13.1. The topological polar surface area (TPSA) is 127 Å². The average Bonchev–Trinajstić information content (AvgIpc) is 3.62. The van der Waals surface area contributed by atoms with Crippen molar-refractivity contribution in [2.45, 2.75) is 38.3 Å². The van der Waals surface area contributed by atoms with E-state index < -0.39 is 12.1 Å². The Kier molecular flexibility index (Phi) is 9.44. The van der Waals surface area contributed by atoms with E-state index in [2.05, 4.69) is 41.4 Å². The molecule has 214 valence electrons. The van der Waals surface area contributed by atoms with Crippen LogP contribution in [0.5, 0.6) is 17.4 Å². The molecule has 0 fully saturated rings. The van der Waals surface area contributed by atoms with Crippen LogP contribution in [-0.4, -0.2) is 51.1 Å². The van der Waals surface area contributed by atoms with Gasteiger partial charge in [0.2, 0.25) is 5.88 Å². The SMILES string of the molecule is CC(C)(CC1=CCc2c(Oc3ccc(C(=O)O)cn3)cccc21)NC[C@H](O)COc1ccccc1-c1ccon1.Cl. The van der Waals surface area contributed by atoms with Crippen molar-refractivity contribution < 1.29 is 29.0 Å². The van der Waals surface area contributed by atoms with E-state index in [0.29, 0.717) is 29.6 Å². The summed E-state index contributed by atoms with van der Waals surface area (Å²) in [6.45, 7) is 4.70. The number of rotatable bonds is 12. The van der Waals surface area contributed by atoms with Crippen LogP contribution in [0.1, 0.15) is 41.8 Å². The molecule has 41 heavy (non-hydrogen) atoms. The van der Waals surface area contributed by atoms with Crippen molar-refractivity contribution in [3.05, 3.63) is 95.9 Å². The number of hydrogen-bond donors (Lipinski definition) is 3. The minimum atomic E-state index is -1.03. The van der Waals surface area contributed by atoms with Crippen LogP contribution in [0.2, 0.25) is 0 Å². The highest BCUT2D eigenvalue weighted by molar-refractivity contribution is 5.87. The lowest BCUT2D eigenvalue weighted by Gasteiger charge is -2.29. The highest BCUT2D eigenvalue weighted by atomic mass is 35.5. The highest BCUT2D eigenvalue weighted by Crippen LogP contribution is 2.39. The van der Waals surface area contributed by atoms with Gasteiger partial charge in [-0.05, 0) is 62.1 Å². The molecule has 0 saturated carbocycles. The molecule has 0 spiro atoms. The van der Waals surface area contributed by atoms with Gasteiger partial charge < -0.3 is 29.5 Å². The molecule has 0 aliphatic heterocycles. The molecule has 2 aromatic carbocycles. The summed E-state index contributed by atoms with van der Waals surface area (Å²) in [5, 5.41) is 27.2. The number of hydrogen-bond acceptors (Lipinski definition) is 8. The summed E-state index contributed by atoms with van der Waals surface area (Å²) in [6.07, 6.45) is 5.76. The van der Waals surface area contributed by atoms with Gasteiger partial charge in [-0.25, -0.2) is 9.78 Å². The number of aliphatic hydroxyl groups excluding tert-OH is 1. The monoisotopic (exact) mass is 577 g/mol. The zero-order chi connectivity index (χ0) is 28.1. The van der Waals surface area contributed by atoms with E-state index in [1.165, 1.54) is 24.1 Å². The Bertz CT molecular complexity index is 1500. The summed E-state index contributed by atoms with van der Waals surface area (Å²) < 4.78 is 16.9. The molecule has 2 heterocycles. The molecule has 9 nitrogen and oxygen atoms in total. The summed E-state index contributed by atoms with van der Waals surface area (Å²) in [5.74, 6) is 0.642. The largest absolute Gasteiger partial charge is 0.490 e. The maximum absolute atomic E-state index is 11.1. The lowest BCUT2D eigenvalue weighted by atomic mass is 9.91. The van der Waals surface area contributed by atoms with Crippen LogP contribution in [0.15, 0.2) is 83.7 Å². The van der Waals surface area contributed by atoms with E-state index in [9.17, 15) is 9.90 Å². The number of allylic oxidation sites excluding steroid dienone is 1. The molecule has 0 unspecified atom stereocenters. The van der Waals surface area contributed by atoms with E-state index in [-0.39, 0.29) is 30.1 Å². The lowest BCUT2D eigenvalue weighted by molar-refractivity contribution is 0.0696. The first-order valence-electron chi connectivity index (χ1n) is 13.0. The number of pyridine rings is 1. The smallest absolute Gasteiger partial charge is 0.337 e. The number of aromatic carboxylic acids is 1. The Morgan fingerprint density at radius 3 is 2.59 bits per heavy atom. The first kappa shape index (κ1) is 29.8. The number of aromatic nitrogens is 2. The first-order valence-corrected chi connectivity index (χ1v) is 13.0. The maximum atomic E-state index is 11.1. The number of nitrogens with one attached hydrogen (secondary N) is 1. The van der Waals surface area contributed by atoms with Crippen molar-refractivity contribution in [3.63, 3.8) is 0 Å². The van der Waals surface area contributed by atoms with Crippen molar-refractivity contribution in [2.75, 3.05) is 13.2 Å². The molecule has 1 atom stereocenters. The molecule has 0 radical (unpaired) electrons. The zero-order valence-corrected chi connectivity index (χ0v) is 23.6. The van der Waals surface area contributed by atoms with E-state index in [0.717, 1.165) is 29.5 Å². The second kappa shape index (κ2) is 13.0. The van der Waals surface area contributed by atoms with Gasteiger partial charge in [0.15, 0.2) is 0 Å². The molecule has 2 aromatic heterocycles. The number of carbonyl (C=O) groups is 1. The number of ether oxygens (including phenoxy) is 2. The standard InChI is InChI=1S/C31H31N3O6.ClH/c1-31(2,33-18-22(35)19-38-27-8-4-3-6-25(27)26-14-15-39-34-26)16-20-10-12-24-23(20)7-5-9-28(24)40-29-13-11-21(17-32-29)30(36)37;/h3-11,13-15,17,22,33,35H,12,16,18-19H2,1-2H3,(H,36,37);1H/t22-;/m0./s1. The number of β-amino-alcohol motifs (C(OH)–C–C–N with tert-alkyl or cyclic N) is 1. The second-order valence-electron chi connectivity index (χ2n) is 10.3. The first-order chi connectivity index (χ1) is 19.3. The number of fused-ring (bicyclic) bond motifs is 1. The predicted octanol–water partition coefficient (Wildman–Crippen LogP) is 5.79. The Morgan fingerprint density at radius 2 is 1.85 bits per heavy atom. The maximum Gasteiger partial charge on any atom is 0.337 e. The number of carboxylic acids is 1. The van der Waals surface area contributed by atoms with Gasteiger partial charge in [-0.15, -0.1) is 12.4 Å². The van der Waals surface area contributed by atoms with E-state index in [4.69, 9.17) is 19.1 Å². The fraction of sp³-hybridized carbons (Fsp3) is 0.258. The van der Waals surface area contributed by atoms with Gasteiger partial charge in [-0.1, -0.05) is 35.5 Å². The van der Waals surface area contributed by atoms with Crippen molar-refractivity contribution >= 4 is 23.9 Å². The van der Waals surface area contributed by atoms with Crippen LogP contribution in [0.4, 0.5) is 0 Å². The van der Waals surface area contributed by atoms with E-state index in [1.807, 2.05) is 36.4 Å². The number of aliphatic hydroxyl groups is 1. The van der Waals surface area contributed by atoms with Crippen LogP contribution in [0.25, 0.3) is 16.8 Å². The quantitative estimate of drug-likeness (QED) is 0.192. The van der Waals surface area contributed by atoms with Gasteiger partial charge in [0, 0.05) is 41.5 Å². The summed E-state index contributed by atoms with van der Waals surface area (Å²) in [6, 6.07) is 18.2. The van der Waals surface area contributed by atoms with Crippen molar-refractivity contribution in [2.24, 2.45) is 0 Å². The Hall–Kier alpha value is -4.18. The lowest BCUT2D eigenvalue weighted by Crippen LogP contribution is -2.44. The third-order valence-corrected chi connectivity index (χ3v) is 6.71. The Morgan fingerprint density at radius 1 is 1.07 bits per heavy atom. The molecule has 4 aromatic rings. The van der Waals surface area contributed by atoms with Gasteiger partial charge in [0.25, 0.3) is 0 Å². The van der Waals surface area contributed by atoms with Crippen molar-refractivity contribution in [3.8, 4) is 28.6 Å². The predicted molar refractivity (Wildman–Crippen MR) is 157 cm³/mol. The average molecular weight is 578 g/mol. The van der Waals surface area contributed by atoms with Crippen LogP contribution in [0.3, 0.4) is 0 Å². The zero-order valence-electron chi connectivity index (χ0n) is 22.7. The van der Waals surface area contributed by atoms with Crippen molar-refractivity contribution in [1.29, 1.82) is 0 Å². The molecule has 0 amide bonds. The summed E-state index contributed by atoms with van der Waals surface area (Å²) >= 11 is 0. The van der Waals surface area contributed by atoms with Gasteiger partial charge >= 0.3 is 5.97 Å². The van der Waals surface area contributed by atoms with Crippen LogP contribution in [0, 0.1) is 0 Å². The molecular formula is C31H32ClN3O6. The van der Waals surface area contributed by atoms with Crippen LogP contribution in [-0.2, 0) is 6.42 Å². The second-order valence-corrected chi connectivity index (χ2v) is 10.3. The molecule has 0 saturated heterocycles. The number of para-hydroxylation sites is 1. The fourth-order valence-corrected chi connectivity index (χ4v) is 4.69. The minimum Gasteiger partial charge on any atom is -0.490 e. The Balaban J connectivity index is 0.00000387. The molecule has 1 aliphatic rings. The third-order valence-electron chi connectivity index (χ3n) is 6.71. The van der Waals surface area contributed by atoms with Crippen LogP contribution < -0.4 is 14.8 Å². The minimum absolute atomic E-state index is 0. The molecule has 3 N–H and O–H groups in total. The van der Waals surface area contributed by atoms with E-state index in [1.54, 1.807) is 12.1 Å². The van der Waals surface area contributed by atoms with Gasteiger partial charge in [0.1, 0.15) is 36.2 Å².